The van der Waals surface area contributed by atoms with Gasteiger partial charge in [-0.05, 0) is 38.5 Å². The van der Waals surface area contributed by atoms with Crippen LogP contribution in [-0.4, -0.2) is 30.5 Å². The Morgan fingerprint density at radius 2 is 2.11 bits per heavy atom. The summed E-state index contributed by atoms with van der Waals surface area (Å²) in [6.45, 7) is 6.63. The molecule has 4 nitrogen and oxygen atoms in total. The standard InChI is InChI=1S/C15H24N2O2/c1-5-7-11(3)17(4)15(18)12-8-9-14(19-6-2)13(16)10-12/h8-11H,5-7,16H2,1-4H3. The lowest BCUT2D eigenvalue weighted by Crippen LogP contribution is -2.34. The van der Waals surface area contributed by atoms with E-state index in [9.17, 15) is 4.79 Å². The van der Waals surface area contributed by atoms with E-state index in [1.807, 2.05) is 14.0 Å². The molecule has 0 aliphatic heterocycles. The van der Waals surface area contributed by atoms with Crippen molar-refractivity contribution in [3.8, 4) is 5.75 Å². The second-order valence-electron chi connectivity index (χ2n) is 4.74. The number of nitrogen functional groups attached to an aromatic ring is 1. The Hall–Kier alpha value is -1.71. The van der Waals surface area contributed by atoms with Crippen LogP contribution in [0.15, 0.2) is 18.2 Å². The number of carbonyl (C=O) groups excluding carboxylic acids is 1. The van der Waals surface area contributed by atoms with Crippen LogP contribution in [0.5, 0.6) is 5.75 Å². The highest BCUT2D eigenvalue weighted by molar-refractivity contribution is 5.95. The second kappa shape index (κ2) is 7.02. The van der Waals surface area contributed by atoms with Crippen molar-refractivity contribution in [2.45, 2.75) is 39.7 Å². The van der Waals surface area contributed by atoms with Gasteiger partial charge in [-0.15, -0.1) is 0 Å². The fraction of sp³-hybridized carbons (Fsp3) is 0.533. The van der Waals surface area contributed by atoms with Crippen LogP contribution < -0.4 is 10.5 Å². The van der Waals surface area contributed by atoms with Gasteiger partial charge in [-0.1, -0.05) is 13.3 Å². The van der Waals surface area contributed by atoms with Crippen molar-refractivity contribution >= 4 is 11.6 Å². The maximum absolute atomic E-state index is 12.3. The van der Waals surface area contributed by atoms with Crippen LogP contribution in [0.25, 0.3) is 0 Å². The number of benzene rings is 1. The van der Waals surface area contributed by atoms with Crippen LogP contribution in [0.1, 0.15) is 44.0 Å². The first-order chi connectivity index (χ1) is 9.01. The van der Waals surface area contributed by atoms with Gasteiger partial charge in [0.05, 0.1) is 12.3 Å². The molecule has 1 atom stereocenters. The molecule has 0 saturated carbocycles. The highest BCUT2D eigenvalue weighted by Crippen LogP contribution is 2.23. The van der Waals surface area contributed by atoms with Crippen molar-refractivity contribution in [1.82, 2.24) is 4.90 Å². The number of hydrogen-bond acceptors (Lipinski definition) is 3. The van der Waals surface area contributed by atoms with Gasteiger partial charge in [-0.3, -0.25) is 4.79 Å². The zero-order valence-electron chi connectivity index (χ0n) is 12.3. The number of rotatable bonds is 6. The smallest absolute Gasteiger partial charge is 0.253 e. The van der Waals surface area contributed by atoms with Gasteiger partial charge in [0.2, 0.25) is 0 Å². The molecule has 19 heavy (non-hydrogen) atoms. The third-order valence-electron chi connectivity index (χ3n) is 3.24. The summed E-state index contributed by atoms with van der Waals surface area (Å²) in [5.74, 6) is 0.624. The zero-order valence-corrected chi connectivity index (χ0v) is 12.3. The van der Waals surface area contributed by atoms with Crippen molar-refractivity contribution in [3.63, 3.8) is 0 Å². The summed E-state index contributed by atoms with van der Waals surface area (Å²) in [5, 5.41) is 0. The van der Waals surface area contributed by atoms with E-state index in [1.54, 1.807) is 23.1 Å². The highest BCUT2D eigenvalue weighted by Gasteiger charge is 2.17. The molecule has 1 rings (SSSR count). The van der Waals surface area contributed by atoms with Gasteiger partial charge in [0.25, 0.3) is 5.91 Å². The van der Waals surface area contributed by atoms with E-state index in [4.69, 9.17) is 10.5 Å². The normalized spacial score (nSPS) is 12.0. The van der Waals surface area contributed by atoms with Crippen molar-refractivity contribution in [2.75, 3.05) is 19.4 Å². The number of amides is 1. The van der Waals surface area contributed by atoms with E-state index in [1.165, 1.54) is 0 Å². The molecule has 0 spiro atoms. The highest BCUT2D eigenvalue weighted by atomic mass is 16.5. The third-order valence-corrected chi connectivity index (χ3v) is 3.24. The van der Waals surface area contributed by atoms with Crippen molar-refractivity contribution < 1.29 is 9.53 Å². The fourth-order valence-electron chi connectivity index (χ4n) is 1.98. The van der Waals surface area contributed by atoms with Crippen LogP contribution >= 0.6 is 0 Å². The molecule has 1 aromatic rings. The van der Waals surface area contributed by atoms with E-state index >= 15 is 0 Å². The quantitative estimate of drug-likeness (QED) is 0.804. The molecule has 0 radical (unpaired) electrons. The topological polar surface area (TPSA) is 55.6 Å². The third kappa shape index (κ3) is 3.88. The number of nitrogens with two attached hydrogens (primary N) is 1. The van der Waals surface area contributed by atoms with Crippen molar-refractivity contribution in [2.24, 2.45) is 0 Å². The van der Waals surface area contributed by atoms with Crippen LogP contribution in [0, 0.1) is 0 Å². The van der Waals surface area contributed by atoms with E-state index in [0.29, 0.717) is 23.6 Å². The molecule has 0 bridgehead atoms. The number of anilines is 1. The summed E-state index contributed by atoms with van der Waals surface area (Å²) in [7, 11) is 1.83. The lowest BCUT2D eigenvalue weighted by Gasteiger charge is -2.25. The minimum absolute atomic E-state index is 0.00398. The predicted octanol–water partition coefficient (Wildman–Crippen LogP) is 2.93. The van der Waals surface area contributed by atoms with Gasteiger partial charge in [-0.2, -0.15) is 0 Å². The molecule has 1 unspecified atom stereocenters. The maximum Gasteiger partial charge on any atom is 0.253 e. The van der Waals surface area contributed by atoms with Gasteiger partial charge >= 0.3 is 0 Å². The number of nitrogens with zero attached hydrogens (tertiary/aromatic N) is 1. The monoisotopic (exact) mass is 264 g/mol. The summed E-state index contributed by atoms with van der Waals surface area (Å²) in [4.78, 5) is 14.1. The summed E-state index contributed by atoms with van der Waals surface area (Å²) in [5.41, 5.74) is 6.99. The first kappa shape index (κ1) is 15.3. The molecule has 2 N–H and O–H groups in total. The van der Waals surface area contributed by atoms with Crippen LogP contribution in [-0.2, 0) is 0 Å². The molecule has 0 heterocycles. The number of hydrogen-bond donors (Lipinski definition) is 1. The average Bonchev–Trinajstić information content (AvgIpc) is 2.40. The average molecular weight is 264 g/mol. The Kier molecular flexibility index (Phi) is 5.67. The summed E-state index contributed by atoms with van der Waals surface area (Å²) < 4.78 is 5.37. The van der Waals surface area contributed by atoms with Crippen molar-refractivity contribution in [3.05, 3.63) is 23.8 Å². The Morgan fingerprint density at radius 1 is 1.42 bits per heavy atom. The minimum Gasteiger partial charge on any atom is -0.492 e. The largest absolute Gasteiger partial charge is 0.492 e. The molecular weight excluding hydrogens is 240 g/mol. The Balaban J connectivity index is 2.85. The Morgan fingerprint density at radius 3 is 2.63 bits per heavy atom. The first-order valence-electron chi connectivity index (χ1n) is 6.80. The number of carbonyl (C=O) groups is 1. The lowest BCUT2D eigenvalue weighted by molar-refractivity contribution is 0.0737. The van der Waals surface area contributed by atoms with Crippen LogP contribution in [0.3, 0.4) is 0 Å². The molecule has 0 fully saturated rings. The molecule has 1 amide bonds. The first-order valence-corrected chi connectivity index (χ1v) is 6.80. The van der Waals surface area contributed by atoms with E-state index < -0.39 is 0 Å². The van der Waals surface area contributed by atoms with Gasteiger partial charge in [0.15, 0.2) is 0 Å². The predicted molar refractivity (Wildman–Crippen MR) is 78.5 cm³/mol. The second-order valence-corrected chi connectivity index (χ2v) is 4.74. The molecule has 106 valence electrons. The van der Waals surface area contributed by atoms with Crippen LogP contribution in [0.2, 0.25) is 0 Å². The zero-order chi connectivity index (χ0) is 14.4. The van der Waals surface area contributed by atoms with E-state index in [2.05, 4.69) is 13.8 Å². The minimum atomic E-state index is -0.00398. The van der Waals surface area contributed by atoms with Crippen LogP contribution in [0.4, 0.5) is 5.69 Å². The fourth-order valence-corrected chi connectivity index (χ4v) is 1.98. The van der Waals surface area contributed by atoms with E-state index in [-0.39, 0.29) is 11.9 Å². The molecule has 0 aliphatic rings. The Bertz CT molecular complexity index is 432. The van der Waals surface area contributed by atoms with Gasteiger partial charge in [-0.25, -0.2) is 0 Å². The van der Waals surface area contributed by atoms with E-state index in [0.717, 1.165) is 12.8 Å². The summed E-state index contributed by atoms with van der Waals surface area (Å²) >= 11 is 0. The molecule has 0 aromatic heterocycles. The molecule has 1 aromatic carbocycles. The van der Waals surface area contributed by atoms with Gasteiger partial charge < -0.3 is 15.4 Å². The molecule has 0 saturated heterocycles. The molecule has 0 aliphatic carbocycles. The molecule has 4 heteroatoms. The Labute approximate surface area is 115 Å². The maximum atomic E-state index is 12.3. The van der Waals surface area contributed by atoms with Gasteiger partial charge in [0.1, 0.15) is 5.75 Å². The lowest BCUT2D eigenvalue weighted by atomic mass is 10.1. The summed E-state index contributed by atoms with van der Waals surface area (Å²) in [6.07, 6.45) is 2.05. The SMILES string of the molecule is CCCC(C)N(C)C(=O)c1ccc(OCC)c(N)c1. The molecular formula is C15H24N2O2. The summed E-state index contributed by atoms with van der Waals surface area (Å²) in [6, 6.07) is 5.43. The number of ether oxygens (including phenoxy) is 1. The van der Waals surface area contributed by atoms with Gasteiger partial charge in [0, 0.05) is 18.7 Å². The van der Waals surface area contributed by atoms with Crippen molar-refractivity contribution in [1.29, 1.82) is 0 Å².